The Kier molecular flexibility index (Phi) is 8.61. The Morgan fingerprint density at radius 2 is 2.12 bits per heavy atom. The second-order valence-corrected chi connectivity index (χ2v) is 7.78. The van der Waals surface area contributed by atoms with Crippen LogP contribution in [-0.4, -0.2) is 29.1 Å². The van der Waals surface area contributed by atoms with Gasteiger partial charge in [0.25, 0.3) is 0 Å². The number of aliphatic hydroxyl groups is 1. The lowest BCUT2D eigenvalue weighted by Crippen LogP contribution is -2.44. The van der Waals surface area contributed by atoms with Gasteiger partial charge in [0.15, 0.2) is 5.96 Å². The van der Waals surface area contributed by atoms with Crippen molar-refractivity contribution in [2.24, 2.45) is 4.99 Å². The molecule has 0 radical (unpaired) electrons. The third kappa shape index (κ3) is 5.98. The van der Waals surface area contributed by atoms with Gasteiger partial charge in [0.1, 0.15) is 10.6 Å². The number of guanidine groups is 1. The van der Waals surface area contributed by atoms with Crippen LogP contribution >= 0.6 is 46.7 Å². The van der Waals surface area contributed by atoms with Crippen LogP contribution in [0.1, 0.15) is 34.3 Å². The van der Waals surface area contributed by atoms with E-state index in [2.05, 4.69) is 27.5 Å². The van der Waals surface area contributed by atoms with Gasteiger partial charge in [-0.2, -0.15) is 0 Å². The molecule has 2 aromatic rings. The zero-order valence-corrected chi connectivity index (χ0v) is 18.4. The van der Waals surface area contributed by atoms with E-state index in [0.29, 0.717) is 19.0 Å². The maximum Gasteiger partial charge on any atom is 0.191 e. The second-order valence-electron chi connectivity index (χ2n) is 5.55. The molecule has 5 nitrogen and oxygen atoms in total. The van der Waals surface area contributed by atoms with Crippen LogP contribution in [0.2, 0.25) is 0 Å². The van der Waals surface area contributed by atoms with E-state index < -0.39 is 5.60 Å². The fraction of sp³-hybridized carbons (Fsp3) is 0.500. The normalized spacial score (nSPS) is 14.0. The van der Waals surface area contributed by atoms with E-state index >= 15 is 0 Å². The lowest BCUT2D eigenvalue weighted by molar-refractivity contribution is 0.0655. The molecule has 2 aromatic heterocycles. The molecule has 0 fully saturated rings. The van der Waals surface area contributed by atoms with E-state index in [9.17, 15) is 5.11 Å². The van der Waals surface area contributed by atoms with Gasteiger partial charge in [-0.05, 0) is 39.1 Å². The predicted octanol–water partition coefficient (Wildman–Crippen LogP) is 3.40. The van der Waals surface area contributed by atoms with Crippen LogP contribution in [-0.2, 0) is 12.1 Å². The molecule has 0 amide bonds. The van der Waals surface area contributed by atoms with Crippen molar-refractivity contribution in [2.45, 2.75) is 39.8 Å². The number of halogens is 1. The smallest absolute Gasteiger partial charge is 0.191 e. The van der Waals surface area contributed by atoms with Crippen LogP contribution in [0.5, 0.6) is 0 Å². The number of aliphatic imine (C=N–C) groups is 1. The van der Waals surface area contributed by atoms with Crippen LogP contribution in [0.25, 0.3) is 0 Å². The van der Waals surface area contributed by atoms with Gasteiger partial charge in [0.05, 0.1) is 18.8 Å². The molecule has 1 unspecified atom stereocenters. The van der Waals surface area contributed by atoms with Gasteiger partial charge in [-0.25, -0.2) is 9.98 Å². The fourth-order valence-corrected chi connectivity index (χ4v) is 3.67. The topological polar surface area (TPSA) is 69.5 Å². The number of hydrogen-bond acceptors (Lipinski definition) is 5. The Morgan fingerprint density at radius 3 is 2.67 bits per heavy atom. The minimum absolute atomic E-state index is 0. The maximum atomic E-state index is 10.6. The highest BCUT2D eigenvalue weighted by molar-refractivity contribution is 14.0. The standard InChI is InChI=1S/C16H24N4OS2.HI/c1-5-17-15(18-9-14-20-11(2)12(3)23-14)19-10-16(4,21)13-7-6-8-22-13;/h6-8,21H,5,9-10H2,1-4H3,(H2,17,18,19);1H. The first-order valence-electron chi connectivity index (χ1n) is 7.64. The highest BCUT2D eigenvalue weighted by Crippen LogP contribution is 2.24. The number of aromatic nitrogens is 1. The Morgan fingerprint density at radius 1 is 1.38 bits per heavy atom. The van der Waals surface area contributed by atoms with Gasteiger partial charge in [-0.1, -0.05) is 6.07 Å². The lowest BCUT2D eigenvalue weighted by atomic mass is 10.1. The molecule has 0 spiro atoms. The summed E-state index contributed by atoms with van der Waals surface area (Å²) in [6.45, 7) is 9.62. The number of thiazole rings is 1. The lowest BCUT2D eigenvalue weighted by Gasteiger charge is -2.23. The van der Waals surface area contributed by atoms with Crippen LogP contribution in [0.4, 0.5) is 0 Å². The molecule has 0 aromatic carbocycles. The molecule has 2 heterocycles. The summed E-state index contributed by atoms with van der Waals surface area (Å²) in [5.41, 5.74) is 0.150. The molecule has 0 bridgehead atoms. The summed E-state index contributed by atoms with van der Waals surface area (Å²) < 4.78 is 0. The largest absolute Gasteiger partial charge is 0.383 e. The molecule has 8 heteroatoms. The highest BCUT2D eigenvalue weighted by atomic mass is 127. The van der Waals surface area contributed by atoms with Crippen LogP contribution < -0.4 is 10.6 Å². The van der Waals surface area contributed by atoms with E-state index in [4.69, 9.17) is 0 Å². The summed E-state index contributed by atoms with van der Waals surface area (Å²) in [5.74, 6) is 0.690. The molecule has 2 rings (SSSR count). The van der Waals surface area contributed by atoms with Crippen LogP contribution in [0.15, 0.2) is 22.5 Å². The van der Waals surface area contributed by atoms with Crippen molar-refractivity contribution >= 4 is 52.6 Å². The fourth-order valence-electron chi connectivity index (χ4n) is 2.02. The van der Waals surface area contributed by atoms with Crippen molar-refractivity contribution in [3.05, 3.63) is 38.0 Å². The third-order valence-electron chi connectivity index (χ3n) is 3.44. The van der Waals surface area contributed by atoms with Gasteiger partial charge in [0, 0.05) is 16.3 Å². The predicted molar refractivity (Wildman–Crippen MR) is 114 cm³/mol. The average molecular weight is 480 g/mol. The van der Waals surface area contributed by atoms with Crippen LogP contribution in [0.3, 0.4) is 0 Å². The monoisotopic (exact) mass is 480 g/mol. The summed E-state index contributed by atoms with van der Waals surface area (Å²) in [4.78, 5) is 11.2. The SMILES string of the molecule is CCNC(=NCc1nc(C)c(C)s1)NCC(C)(O)c1cccs1.I. The van der Waals surface area contributed by atoms with Crippen molar-refractivity contribution in [3.8, 4) is 0 Å². The average Bonchev–Trinajstić information content (AvgIpc) is 3.13. The molecule has 0 aliphatic heterocycles. The number of hydrogen-bond donors (Lipinski definition) is 3. The van der Waals surface area contributed by atoms with Crippen molar-refractivity contribution in [2.75, 3.05) is 13.1 Å². The minimum atomic E-state index is -0.918. The quantitative estimate of drug-likeness (QED) is 0.337. The van der Waals surface area contributed by atoms with Crippen molar-refractivity contribution in [1.29, 1.82) is 0 Å². The van der Waals surface area contributed by atoms with Crippen molar-refractivity contribution in [1.82, 2.24) is 15.6 Å². The molecule has 134 valence electrons. The van der Waals surface area contributed by atoms with Gasteiger partial charge in [-0.15, -0.1) is 46.7 Å². The summed E-state index contributed by atoms with van der Waals surface area (Å²) >= 11 is 3.23. The summed E-state index contributed by atoms with van der Waals surface area (Å²) in [6.07, 6.45) is 0. The summed E-state index contributed by atoms with van der Waals surface area (Å²) in [5, 5.41) is 20.0. The molecular formula is C16H25IN4OS2. The van der Waals surface area contributed by atoms with Gasteiger partial charge in [0.2, 0.25) is 0 Å². The van der Waals surface area contributed by atoms with Gasteiger partial charge in [-0.3, -0.25) is 0 Å². The molecule has 1 atom stereocenters. The van der Waals surface area contributed by atoms with E-state index in [1.165, 1.54) is 4.88 Å². The second kappa shape index (κ2) is 9.69. The Bertz CT molecular complexity index is 634. The molecule has 0 saturated carbocycles. The van der Waals surface area contributed by atoms with Crippen molar-refractivity contribution in [3.63, 3.8) is 0 Å². The van der Waals surface area contributed by atoms with Crippen molar-refractivity contribution < 1.29 is 5.11 Å². The molecule has 24 heavy (non-hydrogen) atoms. The van der Waals surface area contributed by atoms with E-state index in [0.717, 1.165) is 22.1 Å². The van der Waals surface area contributed by atoms with Gasteiger partial charge < -0.3 is 15.7 Å². The first kappa shape index (κ1) is 21.3. The molecule has 0 aliphatic rings. The number of thiophene rings is 1. The highest BCUT2D eigenvalue weighted by Gasteiger charge is 2.24. The number of nitrogens with one attached hydrogen (secondary N) is 2. The Labute approximate surface area is 168 Å². The zero-order valence-electron chi connectivity index (χ0n) is 14.4. The molecule has 0 aliphatic carbocycles. The molecule has 3 N–H and O–H groups in total. The first-order valence-corrected chi connectivity index (χ1v) is 9.33. The number of rotatable bonds is 6. The summed E-state index contributed by atoms with van der Waals surface area (Å²) in [7, 11) is 0. The van der Waals surface area contributed by atoms with E-state index in [1.807, 2.05) is 38.3 Å². The summed E-state index contributed by atoms with van der Waals surface area (Å²) in [6, 6.07) is 3.89. The number of aryl methyl sites for hydroxylation is 2. The van der Waals surface area contributed by atoms with Gasteiger partial charge >= 0.3 is 0 Å². The van der Waals surface area contributed by atoms with Crippen LogP contribution in [0, 0.1) is 13.8 Å². The first-order chi connectivity index (χ1) is 10.9. The Balaban J connectivity index is 0.00000288. The number of nitrogens with zero attached hydrogens (tertiary/aromatic N) is 2. The maximum absolute atomic E-state index is 10.6. The Hall–Kier alpha value is -0.710. The molecule has 0 saturated heterocycles. The molecular weight excluding hydrogens is 455 g/mol. The van der Waals surface area contributed by atoms with E-state index in [1.54, 1.807) is 22.7 Å². The third-order valence-corrected chi connectivity index (χ3v) is 5.62. The van der Waals surface area contributed by atoms with E-state index in [-0.39, 0.29) is 24.0 Å². The zero-order chi connectivity index (χ0) is 16.9. The minimum Gasteiger partial charge on any atom is -0.383 e.